The lowest BCUT2D eigenvalue weighted by Crippen LogP contribution is -2.25. The zero-order valence-corrected chi connectivity index (χ0v) is 14.1. The van der Waals surface area contributed by atoms with Gasteiger partial charge in [0.05, 0.1) is 18.4 Å². The normalized spacial score (nSPS) is 12.0. The van der Waals surface area contributed by atoms with Crippen molar-refractivity contribution in [3.8, 4) is 17.1 Å². The van der Waals surface area contributed by atoms with E-state index in [1.54, 1.807) is 12.3 Å². The number of hydrogen-bond acceptors (Lipinski definition) is 4. The van der Waals surface area contributed by atoms with Gasteiger partial charge in [0.25, 0.3) is 0 Å². The first-order valence-electron chi connectivity index (χ1n) is 7.50. The number of halogens is 3. The average Bonchev–Trinajstić information content (AvgIpc) is 2.54. The van der Waals surface area contributed by atoms with Gasteiger partial charge in [0.2, 0.25) is 5.88 Å². The Bertz CT molecular complexity index is 684. The van der Waals surface area contributed by atoms with Gasteiger partial charge in [-0.15, -0.1) is 0 Å². The standard InChI is InChI=1S/C17H20F3N3O/c1-11(2)23(3)10-12-5-7-14(21-9-12)13-6-8-15(17(18,19)20)22-16(13)24-4/h5-9,11H,10H2,1-4H3. The first kappa shape index (κ1) is 18.2. The van der Waals surface area contributed by atoms with Crippen LogP contribution in [0.5, 0.6) is 5.88 Å². The van der Waals surface area contributed by atoms with Crippen molar-refractivity contribution in [2.45, 2.75) is 32.6 Å². The van der Waals surface area contributed by atoms with Crippen LogP contribution in [0.15, 0.2) is 30.5 Å². The third-order valence-corrected chi connectivity index (χ3v) is 3.76. The molecule has 0 saturated carbocycles. The third kappa shape index (κ3) is 4.23. The van der Waals surface area contributed by atoms with Gasteiger partial charge in [0, 0.05) is 18.8 Å². The Kier molecular flexibility index (Phi) is 5.43. The first-order valence-corrected chi connectivity index (χ1v) is 7.50. The molecule has 0 aliphatic rings. The predicted octanol–water partition coefficient (Wildman–Crippen LogP) is 4.01. The van der Waals surface area contributed by atoms with Gasteiger partial charge >= 0.3 is 6.18 Å². The molecule has 0 aliphatic heterocycles. The monoisotopic (exact) mass is 339 g/mol. The zero-order valence-electron chi connectivity index (χ0n) is 14.1. The lowest BCUT2D eigenvalue weighted by molar-refractivity contribution is -0.141. The van der Waals surface area contributed by atoms with Crippen molar-refractivity contribution < 1.29 is 17.9 Å². The summed E-state index contributed by atoms with van der Waals surface area (Å²) in [6.45, 7) is 4.94. The second-order valence-electron chi connectivity index (χ2n) is 5.81. The highest BCUT2D eigenvalue weighted by atomic mass is 19.4. The largest absolute Gasteiger partial charge is 0.480 e. The van der Waals surface area contributed by atoms with Crippen molar-refractivity contribution in [3.63, 3.8) is 0 Å². The molecule has 2 heterocycles. The number of aromatic nitrogens is 2. The van der Waals surface area contributed by atoms with Crippen molar-refractivity contribution >= 4 is 0 Å². The van der Waals surface area contributed by atoms with E-state index in [2.05, 4.69) is 28.7 Å². The zero-order chi connectivity index (χ0) is 17.9. The Morgan fingerprint density at radius 3 is 2.38 bits per heavy atom. The highest BCUT2D eigenvalue weighted by Crippen LogP contribution is 2.33. The second kappa shape index (κ2) is 7.17. The Balaban J connectivity index is 2.28. The molecule has 0 fully saturated rings. The molecule has 0 saturated heterocycles. The van der Waals surface area contributed by atoms with Gasteiger partial charge in [-0.1, -0.05) is 6.07 Å². The van der Waals surface area contributed by atoms with E-state index in [0.29, 0.717) is 17.3 Å². The molecule has 0 unspecified atom stereocenters. The fourth-order valence-corrected chi connectivity index (χ4v) is 2.10. The molecule has 0 radical (unpaired) electrons. The SMILES string of the molecule is COc1nc(C(F)(F)F)ccc1-c1ccc(CN(C)C(C)C)cn1. The maximum atomic E-state index is 12.7. The van der Waals surface area contributed by atoms with E-state index in [0.717, 1.165) is 18.2 Å². The highest BCUT2D eigenvalue weighted by molar-refractivity contribution is 5.65. The van der Waals surface area contributed by atoms with Crippen LogP contribution in [-0.2, 0) is 12.7 Å². The van der Waals surface area contributed by atoms with Gasteiger partial charge in [-0.2, -0.15) is 13.2 Å². The van der Waals surface area contributed by atoms with Crippen LogP contribution >= 0.6 is 0 Å². The topological polar surface area (TPSA) is 38.2 Å². The summed E-state index contributed by atoms with van der Waals surface area (Å²) in [5.74, 6) is -0.0932. The van der Waals surface area contributed by atoms with Crippen LogP contribution in [0.4, 0.5) is 13.2 Å². The molecule has 2 aromatic rings. The van der Waals surface area contributed by atoms with Gasteiger partial charge in [0.1, 0.15) is 5.69 Å². The summed E-state index contributed by atoms with van der Waals surface area (Å²) in [4.78, 5) is 10.0. The molecule has 24 heavy (non-hydrogen) atoms. The van der Waals surface area contributed by atoms with Crippen molar-refractivity contribution in [1.82, 2.24) is 14.9 Å². The summed E-state index contributed by atoms with van der Waals surface area (Å²) in [6.07, 6.45) is -2.80. The number of hydrogen-bond donors (Lipinski definition) is 0. The predicted molar refractivity (Wildman–Crippen MR) is 85.6 cm³/mol. The summed E-state index contributed by atoms with van der Waals surface area (Å²) in [7, 11) is 3.30. The molecule has 4 nitrogen and oxygen atoms in total. The minimum atomic E-state index is -4.51. The molecule has 2 aromatic heterocycles. The van der Waals surface area contributed by atoms with Crippen molar-refractivity contribution in [2.75, 3.05) is 14.2 Å². The van der Waals surface area contributed by atoms with Crippen molar-refractivity contribution in [1.29, 1.82) is 0 Å². The summed E-state index contributed by atoms with van der Waals surface area (Å²) in [6, 6.07) is 6.33. The average molecular weight is 339 g/mol. The Labute approximate surface area is 139 Å². The molecule has 0 amide bonds. The third-order valence-electron chi connectivity index (χ3n) is 3.76. The molecule has 0 atom stereocenters. The number of nitrogens with zero attached hydrogens (tertiary/aromatic N) is 3. The highest BCUT2D eigenvalue weighted by Gasteiger charge is 2.33. The van der Waals surface area contributed by atoms with E-state index >= 15 is 0 Å². The van der Waals surface area contributed by atoms with Gasteiger partial charge in [-0.3, -0.25) is 9.88 Å². The Morgan fingerprint density at radius 1 is 1.17 bits per heavy atom. The minimum absolute atomic E-state index is 0.0932. The molecule has 0 spiro atoms. The van der Waals surface area contributed by atoms with Gasteiger partial charge < -0.3 is 4.74 Å². The molecule has 0 bridgehead atoms. The molecular weight excluding hydrogens is 319 g/mol. The molecule has 7 heteroatoms. The van der Waals surface area contributed by atoms with Crippen LogP contribution in [0, 0.1) is 0 Å². The number of ether oxygens (including phenoxy) is 1. The number of rotatable bonds is 5. The number of alkyl halides is 3. The Hall–Kier alpha value is -2.15. The van der Waals surface area contributed by atoms with E-state index in [1.165, 1.54) is 13.2 Å². The minimum Gasteiger partial charge on any atom is -0.480 e. The number of methoxy groups -OCH3 is 1. The van der Waals surface area contributed by atoms with Crippen LogP contribution < -0.4 is 4.74 Å². The van der Waals surface area contributed by atoms with Crippen LogP contribution in [0.1, 0.15) is 25.1 Å². The van der Waals surface area contributed by atoms with E-state index in [1.807, 2.05) is 13.1 Å². The van der Waals surface area contributed by atoms with E-state index < -0.39 is 11.9 Å². The van der Waals surface area contributed by atoms with Gasteiger partial charge in [0.15, 0.2) is 0 Å². The Morgan fingerprint density at radius 2 is 1.88 bits per heavy atom. The molecule has 0 aromatic carbocycles. The first-order chi connectivity index (χ1) is 11.2. The number of pyridine rings is 2. The summed E-state index contributed by atoms with van der Waals surface area (Å²) < 4.78 is 43.2. The van der Waals surface area contributed by atoms with E-state index in [4.69, 9.17) is 4.74 Å². The molecule has 130 valence electrons. The van der Waals surface area contributed by atoms with Crippen LogP contribution in [-0.4, -0.2) is 35.1 Å². The van der Waals surface area contributed by atoms with Crippen LogP contribution in [0.2, 0.25) is 0 Å². The fourth-order valence-electron chi connectivity index (χ4n) is 2.10. The smallest absolute Gasteiger partial charge is 0.433 e. The van der Waals surface area contributed by atoms with Gasteiger partial charge in [-0.05, 0) is 44.7 Å². The van der Waals surface area contributed by atoms with E-state index in [9.17, 15) is 13.2 Å². The quantitative estimate of drug-likeness (QED) is 0.825. The molecular formula is C17H20F3N3O. The molecule has 2 rings (SSSR count). The van der Waals surface area contributed by atoms with Crippen molar-refractivity contribution in [3.05, 3.63) is 41.7 Å². The van der Waals surface area contributed by atoms with Crippen LogP contribution in [0.25, 0.3) is 11.3 Å². The second-order valence-corrected chi connectivity index (χ2v) is 5.81. The fraction of sp³-hybridized carbons (Fsp3) is 0.412. The summed E-state index contributed by atoms with van der Waals surface area (Å²) in [5, 5.41) is 0. The lowest BCUT2D eigenvalue weighted by Gasteiger charge is -2.20. The molecule has 0 aliphatic carbocycles. The van der Waals surface area contributed by atoms with Crippen LogP contribution in [0.3, 0.4) is 0 Å². The maximum absolute atomic E-state index is 12.7. The van der Waals surface area contributed by atoms with Gasteiger partial charge in [-0.25, -0.2) is 4.98 Å². The maximum Gasteiger partial charge on any atom is 0.433 e. The van der Waals surface area contributed by atoms with Crippen molar-refractivity contribution in [2.24, 2.45) is 0 Å². The summed E-state index contributed by atoms with van der Waals surface area (Å²) >= 11 is 0. The lowest BCUT2D eigenvalue weighted by atomic mass is 10.1. The molecule has 0 N–H and O–H groups in total. The summed E-state index contributed by atoms with van der Waals surface area (Å²) in [5.41, 5.74) is 0.977. The van der Waals surface area contributed by atoms with E-state index in [-0.39, 0.29) is 5.88 Å².